The van der Waals surface area contributed by atoms with Gasteiger partial charge in [0.2, 0.25) is 0 Å². The van der Waals surface area contributed by atoms with E-state index in [1.54, 1.807) is 0 Å². The smallest absolute Gasteiger partial charge is 0.328 e. The van der Waals surface area contributed by atoms with Crippen LogP contribution in [0.2, 0.25) is 0 Å². The van der Waals surface area contributed by atoms with Crippen molar-refractivity contribution in [3.05, 3.63) is 38.3 Å². The number of hydrogen-bond acceptors (Lipinski definition) is 5. The number of pyridine rings is 1. The molecule has 0 saturated carbocycles. The monoisotopic (exact) mass is 240 g/mol. The first-order valence-corrected chi connectivity index (χ1v) is 4.83. The maximum absolute atomic E-state index is 11.7. The molecule has 0 saturated heterocycles. The van der Waals surface area contributed by atoms with E-state index in [1.165, 1.54) is 27.0 Å². The number of ether oxygens (including phenoxy) is 1. The number of hydrogen-bond donors (Lipinski definition) is 0. The average molecular weight is 240 g/mol. The van der Waals surface area contributed by atoms with Crippen LogP contribution in [0.25, 0.3) is 0 Å². The first kappa shape index (κ1) is 12.9. The topological polar surface area (TPSA) is 91.4 Å². The van der Waals surface area contributed by atoms with Gasteiger partial charge < -0.3 is 4.74 Å². The van der Waals surface area contributed by atoms with Crippen molar-refractivity contribution in [2.45, 2.75) is 19.9 Å². The minimum absolute atomic E-state index is 0.204. The lowest BCUT2D eigenvalue weighted by atomic mass is 10.2. The van der Waals surface area contributed by atoms with Gasteiger partial charge in [0, 0.05) is 11.6 Å². The van der Waals surface area contributed by atoms with Gasteiger partial charge >= 0.3 is 5.97 Å². The number of methoxy groups -OCH3 is 1. The van der Waals surface area contributed by atoms with Crippen LogP contribution in [0.3, 0.4) is 0 Å². The van der Waals surface area contributed by atoms with Crippen molar-refractivity contribution in [3.8, 4) is 0 Å². The summed E-state index contributed by atoms with van der Waals surface area (Å²) in [6, 6.07) is 0.272. The molecule has 1 aromatic rings. The van der Waals surface area contributed by atoms with Crippen molar-refractivity contribution in [2.75, 3.05) is 7.11 Å². The Morgan fingerprint density at radius 1 is 1.59 bits per heavy atom. The Kier molecular flexibility index (Phi) is 3.62. The van der Waals surface area contributed by atoms with Crippen LogP contribution in [0.5, 0.6) is 0 Å². The largest absolute Gasteiger partial charge is 0.467 e. The summed E-state index contributed by atoms with van der Waals surface area (Å²) in [6.07, 6.45) is 1.04. The number of carbonyl (C=O) groups excluding carboxylic acids is 1. The van der Waals surface area contributed by atoms with Gasteiger partial charge in [0.05, 0.1) is 18.2 Å². The summed E-state index contributed by atoms with van der Waals surface area (Å²) in [5, 5.41) is 10.7. The molecule has 0 radical (unpaired) electrons. The van der Waals surface area contributed by atoms with Gasteiger partial charge in [0.1, 0.15) is 6.04 Å². The quantitative estimate of drug-likeness (QED) is 0.442. The fourth-order valence-electron chi connectivity index (χ4n) is 1.40. The van der Waals surface area contributed by atoms with Crippen LogP contribution in [-0.2, 0) is 9.53 Å². The zero-order chi connectivity index (χ0) is 13.2. The van der Waals surface area contributed by atoms with Gasteiger partial charge in [-0.25, -0.2) is 4.79 Å². The highest BCUT2D eigenvalue weighted by molar-refractivity contribution is 5.73. The van der Waals surface area contributed by atoms with Gasteiger partial charge in [-0.3, -0.25) is 19.5 Å². The highest BCUT2D eigenvalue weighted by Gasteiger charge is 2.20. The number of nitrogens with zero attached hydrogens (tertiary/aromatic N) is 2. The van der Waals surface area contributed by atoms with Crippen molar-refractivity contribution in [1.82, 2.24) is 4.57 Å². The molecule has 0 aromatic carbocycles. The first-order valence-electron chi connectivity index (χ1n) is 4.83. The molecule has 0 amide bonds. The zero-order valence-corrected chi connectivity index (χ0v) is 9.67. The van der Waals surface area contributed by atoms with E-state index < -0.39 is 22.5 Å². The lowest BCUT2D eigenvalue weighted by Crippen LogP contribution is -2.30. The van der Waals surface area contributed by atoms with E-state index in [1.807, 2.05) is 0 Å². The van der Waals surface area contributed by atoms with Gasteiger partial charge in [0.15, 0.2) is 0 Å². The van der Waals surface area contributed by atoms with Gasteiger partial charge in [0.25, 0.3) is 11.2 Å². The van der Waals surface area contributed by atoms with Crippen LogP contribution in [0.15, 0.2) is 17.1 Å². The van der Waals surface area contributed by atoms with E-state index in [9.17, 15) is 19.7 Å². The van der Waals surface area contributed by atoms with Crippen molar-refractivity contribution < 1.29 is 14.5 Å². The average Bonchev–Trinajstić information content (AvgIpc) is 2.30. The summed E-state index contributed by atoms with van der Waals surface area (Å²) < 4.78 is 5.49. The van der Waals surface area contributed by atoms with Crippen molar-refractivity contribution in [1.29, 1.82) is 0 Å². The fraction of sp³-hybridized carbons (Fsp3) is 0.400. The summed E-state index contributed by atoms with van der Waals surface area (Å²) in [5.74, 6) is -0.632. The SMILES string of the molecule is COC(=O)C(C)n1cc([N+](=O)[O-])cc(C)c1=O. The Morgan fingerprint density at radius 3 is 2.65 bits per heavy atom. The van der Waals surface area contributed by atoms with E-state index in [-0.39, 0.29) is 11.3 Å². The minimum Gasteiger partial charge on any atom is -0.467 e. The molecule has 7 heteroatoms. The second kappa shape index (κ2) is 4.77. The Labute approximate surface area is 96.8 Å². The highest BCUT2D eigenvalue weighted by atomic mass is 16.6. The number of aryl methyl sites for hydroxylation is 1. The second-order valence-electron chi connectivity index (χ2n) is 3.55. The maximum atomic E-state index is 11.7. The fourth-order valence-corrected chi connectivity index (χ4v) is 1.40. The predicted octanol–water partition coefficient (Wildman–Crippen LogP) is 0.799. The Bertz CT molecular complexity index is 520. The Morgan fingerprint density at radius 2 is 2.18 bits per heavy atom. The van der Waals surface area contributed by atoms with Gasteiger partial charge in [-0.15, -0.1) is 0 Å². The molecule has 0 spiro atoms. The molecule has 17 heavy (non-hydrogen) atoms. The molecule has 1 unspecified atom stereocenters. The molecular weight excluding hydrogens is 228 g/mol. The Balaban J connectivity index is 3.37. The van der Waals surface area contributed by atoms with Crippen LogP contribution in [0.1, 0.15) is 18.5 Å². The summed E-state index contributed by atoms with van der Waals surface area (Å²) in [4.78, 5) is 33.1. The lowest BCUT2D eigenvalue weighted by molar-refractivity contribution is -0.385. The van der Waals surface area contributed by atoms with Crippen LogP contribution in [0, 0.1) is 17.0 Å². The van der Waals surface area contributed by atoms with Gasteiger partial charge in [-0.1, -0.05) is 0 Å². The molecule has 0 bridgehead atoms. The summed E-state index contributed by atoms with van der Waals surface area (Å²) in [5.41, 5.74) is -0.485. The standard InChI is InChI=1S/C10H12N2O5/c1-6-4-8(12(15)16)5-11(9(6)13)7(2)10(14)17-3/h4-5,7H,1-3H3. The van der Waals surface area contributed by atoms with Gasteiger partial charge in [-0.05, 0) is 13.8 Å². The summed E-state index contributed by atoms with van der Waals surface area (Å²) >= 11 is 0. The third-order valence-electron chi connectivity index (χ3n) is 2.38. The normalized spacial score (nSPS) is 11.9. The van der Waals surface area contributed by atoms with Crippen molar-refractivity contribution in [3.63, 3.8) is 0 Å². The van der Waals surface area contributed by atoms with Crippen LogP contribution < -0.4 is 5.56 Å². The summed E-state index contributed by atoms with van der Waals surface area (Å²) in [7, 11) is 1.19. The molecule has 1 rings (SSSR count). The molecule has 92 valence electrons. The van der Waals surface area contributed by atoms with Crippen LogP contribution in [-0.4, -0.2) is 22.6 Å². The number of nitro groups is 1. The van der Waals surface area contributed by atoms with E-state index in [0.29, 0.717) is 0 Å². The molecule has 7 nitrogen and oxygen atoms in total. The van der Waals surface area contributed by atoms with Gasteiger partial charge in [-0.2, -0.15) is 0 Å². The second-order valence-corrected chi connectivity index (χ2v) is 3.55. The molecule has 1 heterocycles. The third kappa shape index (κ3) is 2.49. The third-order valence-corrected chi connectivity index (χ3v) is 2.38. The molecule has 0 N–H and O–H groups in total. The number of esters is 1. The Hall–Kier alpha value is -2.18. The molecule has 0 aliphatic rings. The maximum Gasteiger partial charge on any atom is 0.328 e. The van der Waals surface area contributed by atoms with Crippen molar-refractivity contribution in [2.24, 2.45) is 0 Å². The lowest BCUT2D eigenvalue weighted by Gasteiger charge is -2.12. The minimum atomic E-state index is -0.897. The van der Waals surface area contributed by atoms with Crippen LogP contribution in [0.4, 0.5) is 5.69 Å². The molecule has 0 aliphatic heterocycles. The summed E-state index contributed by atoms with van der Waals surface area (Å²) in [6.45, 7) is 2.90. The highest BCUT2D eigenvalue weighted by Crippen LogP contribution is 2.13. The van der Waals surface area contributed by atoms with E-state index in [2.05, 4.69) is 4.74 Å². The molecule has 1 atom stereocenters. The molecule has 1 aromatic heterocycles. The zero-order valence-electron chi connectivity index (χ0n) is 9.67. The van der Waals surface area contributed by atoms with Crippen LogP contribution >= 0.6 is 0 Å². The van der Waals surface area contributed by atoms with E-state index >= 15 is 0 Å². The first-order chi connectivity index (χ1) is 7.88. The molecule has 0 fully saturated rings. The number of aromatic nitrogens is 1. The predicted molar refractivity (Wildman–Crippen MR) is 58.8 cm³/mol. The van der Waals surface area contributed by atoms with E-state index in [0.717, 1.165) is 10.8 Å². The number of rotatable bonds is 3. The number of carbonyl (C=O) groups is 1. The molecule has 0 aliphatic carbocycles. The molecular formula is C10H12N2O5. The van der Waals surface area contributed by atoms with E-state index in [4.69, 9.17) is 0 Å². The van der Waals surface area contributed by atoms with Crippen molar-refractivity contribution >= 4 is 11.7 Å².